The highest BCUT2D eigenvalue weighted by Gasteiger charge is 2.15. The van der Waals surface area contributed by atoms with Crippen LogP contribution in [0, 0.1) is 0 Å². The molecule has 188 valence electrons. The van der Waals surface area contributed by atoms with Gasteiger partial charge in [0.1, 0.15) is 5.58 Å². The summed E-state index contributed by atoms with van der Waals surface area (Å²) < 4.78 is 5.72. The molecule has 0 saturated heterocycles. The van der Waals surface area contributed by atoms with Crippen molar-refractivity contribution >= 4 is 40.2 Å². The molecular formula is C32H25NO4S. The van der Waals surface area contributed by atoms with E-state index in [2.05, 4.69) is 12.1 Å². The fourth-order valence-electron chi connectivity index (χ4n) is 3.96. The summed E-state index contributed by atoms with van der Waals surface area (Å²) in [4.78, 5) is 32.4. The van der Waals surface area contributed by atoms with Gasteiger partial charge in [0, 0.05) is 20.7 Å². The number of nitrogens with zero attached hydrogens (tertiary/aromatic N) is 1. The first-order valence-electron chi connectivity index (χ1n) is 12.4. The van der Waals surface area contributed by atoms with Gasteiger partial charge >= 0.3 is 5.97 Å². The number of benzene rings is 4. The van der Waals surface area contributed by atoms with Crippen LogP contribution >= 0.6 is 11.8 Å². The molecule has 0 aliphatic rings. The predicted octanol–water partition coefficient (Wildman–Crippen LogP) is 8.18. The van der Waals surface area contributed by atoms with Crippen LogP contribution in [0.15, 0.2) is 129 Å². The predicted molar refractivity (Wildman–Crippen MR) is 150 cm³/mol. The normalized spacial score (nSPS) is 11.4. The third kappa shape index (κ3) is 5.93. The maximum atomic E-state index is 12.9. The minimum Gasteiger partial charge on any atom is -0.453 e. The van der Waals surface area contributed by atoms with Gasteiger partial charge in [-0.15, -0.1) is 0 Å². The number of ketones is 1. The van der Waals surface area contributed by atoms with Crippen molar-refractivity contribution in [1.29, 1.82) is 0 Å². The average Bonchev–Trinajstić information content (AvgIpc) is 3.41. The molecule has 6 heteroatoms. The van der Waals surface area contributed by atoms with Gasteiger partial charge in [0.2, 0.25) is 5.78 Å². The molecule has 0 bridgehead atoms. The van der Waals surface area contributed by atoms with Crippen molar-refractivity contribution in [3.8, 4) is 0 Å². The fourth-order valence-corrected chi connectivity index (χ4v) is 4.78. The topological polar surface area (TPSA) is 68.9 Å². The monoisotopic (exact) mass is 519 g/mol. The molecule has 0 spiro atoms. The van der Waals surface area contributed by atoms with Crippen LogP contribution in [0.4, 0.5) is 0 Å². The van der Waals surface area contributed by atoms with Crippen LogP contribution in [0.1, 0.15) is 51.8 Å². The zero-order valence-electron chi connectivity index (χ0n) is 20.8. The van der Waals surface area contributed by atoms with E-state index in [0.717, 1.165) is 32.9 Å². The van der Waals surface area contributed by atoms with Crippen LogP contribution in [0.2, 0.25) is 0 Å². The van der Waals surface area contributed by atoms with E-state index in [-0.39, 0.29) is 5.78 Å². The van der Waals surface area contributed by atoms with Crippen molar-refractivity contribution < 1.29 is 18.8 Å². The minimum absolute atomic E-state index is 0.141. The maximum absolute atomic E-state index is 12.9. The van der Waals surface area contributed by atoms with Gasteiger partial charge in [-0.3, -0.25) is 4.79 Å². The lowest BCUT2D eigenvalue weighted by molar-refractivity contribution is 0.0515. The molecule has 0 aliphatic carbocycles. The Morgan fingerprint density at radius 1 is 0.763 bits per heavy atom. The van der Waals surface area contributed by atoms with Crippen LogP contribution in [0.3, 0.4) is 0 Å². The molecule has 0 amide bonds. The first-order chi connectivity index (χ1) is 18.6. The van der Waals surface area contributed by atoms with E-state index in [4.69, 9.17) is 9.25 Å². The van der Waals surface area contributed by atoms with Crippen LogP contribution in [0.5, 0.6) is 0 Å². The van der Waals surface area contributed by atoms with Crippen molar-refractivity contribution in [2.24, 2.45) is 5.16 Å². The van der Waals surface area contributed by atoms with Gasteiger partial charge in [0.05, 0.1) is 11.3 Å². The fraction of sp³-hybridized carbons (Fsp3) is 0.0938. The Bertz CT molecular complexity index is 1550. The smallest absolute Gasteiger partial charge is 0.365 e. The summed E-state index contributed by atoms with van der Waals surface area (Å²) in [5.74, 6) is -0.285. The summed E-state index contributed by atoms with van der Waals surface area (Å²) in [6.07, 6.45) is 1.56. The standard InChI is InChI=1S/C32H25NO4S/c1-2-8-28(33-37-32(35)24-9-4-3-5-10-24)22-13-17-26(18-14-22)38-27-19-15-23(16-20-27)31(34)30-21-25-11-6-7-12-29(25)36-30/h3-7,9-21H,2,8H2,1H3/b33-28+. The molecule has 0 fully saturated rings. The van der Waals surface area contributed by atoms with Crippen molar-refractivity contribution in [2.75, 3.05) is 0 Å². The van der Waals surface area contributed by atoms with E-state index in [1.807, 2.05) is 78.9 Å². The van der Waals surface area contributed by atoms with E-state index in [1.54, 1.807) is 42.1 Å². The zero-order valence-corrected chi connectivity index (χ0v) is 21.6. The second-order valence-corrected chi connectivity index (χ2v) is 9.81. The second kappa shape index (κ2) is 11.8. The molecule has 0 radical (unpaired) electrons. The molecule has 0 aliphatic heterocycles. The Labute approximate surface area is 225 Å². The Kier molecular flexibility index (Phi) is 7.81. The van der Waals surface area contributed by atoms with Gasteiger partial charge in [0.25, 0.3) is 0 Å². The third-order valence-electron chi connectivity index (χ3n) is 5.92. The number of hydrogen-bond donors (Lipinski definition) is 0. The molecule has 38 heavy (non-hydrogen) atoms. The van der Waals surface area contributed by atoms with Gasteiger partial charge in [-0.2, -0.15) is 0 Å². The SMILES string of the molecule is CCC/C(=N\OC(=O)c1ccccc1)c1ccc(Sc2ccc(C(=O)c3cc4ccccc4o3)cc2)cc1. The highest BCUT2D eigenvalue weighted by molar-refractivity contribution is 7.99. The van der Waals surface area contributed by atoms with Crippen molar-refractivity contribution in [2.45, 2.75) is 29.6 Å². The number of para-hydroxylation sites is 1. The molecule has 5 aromatic rings. The number of fused-ring (bicyclic) bond motifs is 1. The van der Waals surface area contributed by atoms with Crippen LogP contribution in [-0.4, -0.2) is 17.5 Å². The molecule has 0 saturated carbocycles. The number of carbonyl (C=O) groups excluding carboxylic acids is 2. The van der Waals surface area contributed by atoms with E-state index in [9.17, 15) is 9.59 Å². The van der Waals surface area contributed by atoms with E-state index >= 15 is 0 Å². The first-order valence-corrected chi connectivity index (χ1v) is 13.2. The molecule has 1 heterocycles. The Balaban J connectivity index is 1.24. The lowest BCUT2D eigenvalue weighted by Gasteiger charge is -2.07. The summed E-state index contributed by atoms with van der Waals surface area (Å²) in [6.45, 7) is 2.06. The Morgan fingerprint density at radius 2 is 1.39 bits per heavy atom. The Hall–Kier alpha value is -4.42. The minimum atomic E-state index is -0.478. The number of oxime groups is 1. The summed E-state index contributed by atoms with van der Waals surface area (Å²) >= 11 is 1.60. The van der Waals surface area contributed by atoms with E-state index < -0.39 is 5.97 Å². The first kappa shape index (κ1) is 25.2. The summed E-state index contributed by atoms with van der Waals surface area (Å²) in [5, 5.41) is 5.07. The molecule has 4 aromatic carbocycles. The van der Waals surface area contributed by atoms with Crippen molar-refractivity contribution in [1.82, 2.24) is 0 Å². The summed E-state index contributed by atoms with van der Waals surface area (Å²) in [5.41, 5.74) is 3.37. The number of rotatable bonds is 9. The van der Waals surface area contributed by atoms with Gasteiger partial charge in [-0.25, -0.2) is 4.79 Å². The molecule has 0 atom stereocenters. The molecule has 5 nitrogen and oxygen atoms in total. The average molecular weight is 520 g/mol. The summed E-state index contributed by atoms with van der Waals surface area (Å²) in [6, 6.07) is 33.7. The molecular weight excluding hydrogens is 494 g/mol. The number of hydrogen-bond acceptors (Lipinski definition) is 6. The summed E-state index contributed by atoms with van der Waals surface area (Å²) in [7, 11) is 0. The lowest BCUT2D eigenvalue weighted by atomic mass is 10.1. The van der Waals surface area contributed by atoms with Gasteiger partial charge in [-0.05, 0) is 72.6 Å². The number of carbonyl (C=O) groups is 2. The van der Waals surface area contributed by atoms with E-state index in [0.29, 0.717) is 28.9 Å². The molecule has 0 unspecified atom stereocenters. The van der Waals surface area contributed by atoms with Gasteiger partial charge in [-0.1, -0.05) is 78.8 Å². The lowest BCUT2D eigenvalue weighted by Crippen LogP contribution is -2.06. The molecule has 5 rings (SSSR count). The molecule has 0 N–H and O–H groups in total. The second-order valence-electron chi connectivity index (χ2n) is 8.66. The van der Waals surface area contributed by atoms with Gasteiger partial charge < -0.3 is 9.25 Å². The maximum Gasteiger partial charge on any atom is 0.365 e. The van der Waals surface area contributed by atoms with Crippen molar-refractivity contribution in [3.05, 3.63) is 132 Å². The molecule has 1 aromatic heterocycles. The van der Waals surface area contributed by atoms with Crippen LogP contribution < -0.4 is 0 Å². The zero-order chi connectivity index (χ0) is 26.3. The third-order valence-corrected chi connectivity index (χ3v) is 6.94. The highest BCUT2D eigenvalue weighted by atomic mass is 32.2. The van der Waals surface area contributed by atoms with Crippen molar-refractivity contribution in [3.63, 3.8) is 0 Å². The highest BCUT2D eigenvalue weighted by Crippen LogP contribution is 2.29. The Morgan fingerprint density at radius 3 is 2.05 bits per heavy atom. The number of furan rings is 1. The van der Waals surface area contributed by atoms with Gasteiger partial charge in [0.15, 0.2) is 5.76 Å². The quantitative estimate of drug-likeness (QED) is 0.0850. The van der Waals surface area contributed by atoms with Crippen LogP contribution in [0.25, 0.3) is 11.0 Å². The van der Waals surface area contributed by atoms with E-state index in [1.165, 1.54) is 0 Å². The van der Waals surface area contributed by atoms with Crippen LogP contribution in [-0.2, 0) is 4.84 Å². The largest absolute Gasteiger partial charge is 0.453 e.